The number of rotatable bonds is 5. The van der Waals surface area contributed by atoms with E-state index in [9.17, 15) is 9.59 Å². The molecule has 8 nitrogen and oxygen atoms in total. The van der Waals surface area contributed by atoms with Crippen molar-refractivity contribution in [2.45, 2.75) is 31.5 Å². The number of hydrogen-bond donors (Lipinski definition) is 1. The first-order chi connectivity index (χ1) is 15.1. The predicted octanol–water partition coefficient (Wildman–Crippen LogP) is 2.82. The zero-order valence-corrected chi connectivity index (χ0v) is 17.0. The van der Waals surface area contributed by atoms with E-state index in [0.29, 0.717) is 18.9 Å². The van der Waals surface area contributed by atoms with Gasteiger partial charge in [-0.15, -0.1) is 10.2 Å². The molecule has 8 heteroatoms. The first-order valence-corrected chi connectivity index (χ1v) is 10.4. The minimum atomic E-state index is -0.896. The lowest BCUT2D eigenvalue weighted by molar-refractivity contribution is -0.134. The molecular weight excluding hydrogens is 394 g/mol. The Labute approximate surface area is 179 Å². The van der Waals surface area contributed by atoms with Gasteiger partial charge < -0.3 is 9.73 Å². The number of nitrogens with zero attached hydrogens (tertiary/aromatic N) is 4. The summed E-state index contributed by atoms with van der Waals surface area (Å²) in [6.07, 6.45) is 1.46. The Morgan fingerprint density at radius 2 is 1.71 bits per heavy atom. The van der Waals surface area contributed by atoms with Crippen molar-refractivity contribution in [2.24, 2.45) is 0 Å². The third kappa shape index (κ3) is 3.82. The molecule has 2 saturated heterocycles. The monoisotopic (exact) mass is 417 g/mol. The number of urea groups is 1. The van der Waals surface area contributed by atoms with Crippen molar-refractivity contribution in [1.29, 1.82) is 0 Å². The van der Waals surface area contributed by atoms with Gasteiger partial charge in [0, 0.05) is 18.7 Å². The number of amides is 3. The third-order valence-corrected chi connectivity index (χ3v) is 5.85. The number of imide groups is 1. The van der Waals surface area contributed by atoms with Crippen molar-refractivity contribution in [1.82, 2.24) is 25.3 Å². The molecule has 1 N–H and O–H groups in total. The molecule has 3 aromatic rings. The largest absolute Gasteiger partial charge is 0.419 e. The molecule has 5 rings (SSSR count). The van der Waals surface area contributed by atoms with Crippen LogP contribution in [0.25, 0.3) is 11.5 Å². The topological polar surface area (TPSA) is 91.6 Å². The van der Waals surface area contributed by atoms with Crippen LogP contribution in [0.3, 0.4) is 0 Å². The highest BCUT2D eigenvalue weighted by atomic mass is 16.4. The van der Waals surface area contributed by atoms with E-state index in [0.717, 1.165) is 25.1 Å². The molecule has 31 heavy (non-hydrogen) atoms. The molecule has 2 aromatic carbocycles. The van der Waals surface area contributed by atoms with E-state index in [1.807, 2.05) is 48.5 Å². The van der Waals surface area contributed by atoms with Gasteiger partial charge in [-0.1, -0.05) is 48.5 Å². The smallest absolute Gasteiger partial charge is 0.325 e. The van der Waals surface area contributed by atoms with Crippen molar-refractivity contribution in [2.75, 3.05) is 13.1 Å². The second-order valence-electron chi connectivity index (χ2n) is 8.07. The summed E-state index contributed by atoms with van der Waals surface area (Å²) in [6, 6.07) is 19.1. The van der Waals surface area contributed by atoms with E-state index in [-0.39, 0.29) is 18.3 Å². The predicted molar refractivity (Wildman–Crippen MR) is 112 cm³/mol. The van der Waals surface area contributed by atoms with E-state index in [1.54, 1.807) is 0 Å². The molecule has 0 radical (unpaired) electrons. The van der Waals surface area contributed by atoms with Crippen LogP contribution >= 0.6 is 0 Å². The first kappa shape index (κ1) is 19.4. The SMILES string of the molecule is O=C1NC2(CCCN(Cc3ccccc3)C2)C(=O)N1Cc1nnc(-c2ccccc2)o1. The van der Waals surface area contributed by atoms with Gasteiger partial charge >= 0.3 is 6.03 Å². The highest BCUT2D eigenvalue weighted by molar-refractivity contribution is 6.07. The number of aromatic nitrogens is 2. The van der Waals surface area contributed by atoms with Gasteiger partial charge in [0.1, 0.15) is 12.1 Å². The average Bonchev–Trinajstić information content (AvgIpc) is 3.34. The molecule has 3 heterocycles. The Morgan fingerprint density at radius 3 is 2.48 bits per heavy atom. The van der Waals surface area contributed by atoms with Gasteiger partial charge in [0.15, 0.2) is 0 Å². The van der Waals surface area contributed by atoms with Crippen LogP contribution in [0.5, 0.6) is 0 Å². The molecule has 1 spiro atoms. The maximum atomic E-state index is 13.3. The molecular formula is C23H23N5O3. The Morgan fingerprint density at radius 1 is 0.968 bits per heavy atom. The molecule has 1 atom stereocenters. The van der Waals surface area contributed by atoms with Crippen LogP contribution in [0.4, 0.5) is 4.79 Å². The number of hydrogen-bond acceptors (Lipinski definition) is 6. The minimum Gasteiger partial charge on any atom is -0.419 e. The number of carbonyl (C=O) groups excluding carboxylic acids is 2. The lowest BCUT2D eigenvalue weighted by atomic mass is 9.88. The fourth-order valence-electron chi connectivity index (χ4n) is 4.37. The van der Waals surface area contributed by atoms with Crippen LogP contribution in [0.15, 0.2) is 65.1 Å². The average molecular weight is 417 g/mol. The van der Waals surface area contributed by atoms with Crippen LogP contribution < -0.4 is 5.32 Å². The Bertz CT molecular complexity index is 1080. The fraction of sp³-hybridized carbons (Fsp3) is 0.304. The van der Waals surface area contributed by atoms with Crippen molar-refractivity contribution in [3.63, 3.8) is 0 Å². The summed E-state index contributed by atoms with van der Waals surface area (Å²) in [4.78, 5) is 29.4. The molecule has 158 valence electrons. The fourth-order valence-corrected chi connectivity index (χ4v) is 4.37. The summed E-state index contributed by atoms with van der Waals surface area (Å²) < 4.78 is 5.70. The summed E-state index contributed by atoms with van der Waals surface area (Å²) in [5, 5.41) is 11.0. The van der Waals surface area contributed by atoms with Gasteiger partial charge in [0.2, 0.25) is 11.8 Å². The zero-order valence-electron chi connectivity index (χ0n) is 17.0. The highest BCUT2D eigenvalue weighted by Gasteiger charge is 2.53. The van der Waals surface area contributed by atoms with Gasteiger partial charge in [0.05, 0.1) is 0 Å². The van der Waals surface area contributed by atoms with Crippen molar-refractivity contribution in [3.8, 4) is 11.5 Å². The first-order valence-electron chi connectivity index (χ1n) is 10.4. The van der Waals surface area contributed by atoms with E-state index in [1.165, 1.54) is 10.5 Å². The molecule has 2 aliphatic rings. The van der Waals surface area contributed by atoms with E-state index in [4.69, 9.17) is 4.42 Å². The maximum Gasteiger partial charge on any atom is 0.325 e. The molecule has 0 saturated carbocycles. The van der Waals surface area contributed by atoms with E-state index >= 15 is 0 Å². The lowest BCUT2D eigenvalue weighted by Crippen LogP contribution is -2.58. The third-order valence-electron chi connectivity index (χ3n) is 5.85. The summed E-state index contributed by atoms with van der Waals surface area (Å²) in [5.41, 5.74) is 1.08. The summed E-state index contributed by atoms with van der Waals surface area (Å²) in [5.74, 6) is 0.371. The second-order valence-corrected chi connectivity index (χ2v) is 8.07. The molecule has 1 aromatic heterocycles. The zero-order chi connectivity index (χ0) is 21.3. The summed E-state index contributed by atoms with van der Waals surface area (Å²) in [7, 11) is 0. The van der Waals surface area contributed by atoms with Crippen molar-refractivity contribution in [3.05, 3.63) is 72.1 Å². The lowest BCUT2D eigenvalue weighted by Gasteiger charge is -2.38. The molecule has 2 aliphatic heterocycles. The Hall–Kier alpha value is -3.52. The number of piperidine rings is 1. The number of benzene rings is 2. The Kier molecular flexibility index (Phi) is 4.99. The van der Waals surface area contributed by atoms with Crippen LogP contribution in [0.2, 0.25) is 0 Å². The van der Waals surface area contributed by atoms with Gasteiger partial charge in [-0.05, 0) is 37.1 Å². The van der Waals surface area contributed by atoms with Gasteiger partial charge in [0.25, 0.3) is 5.91 Å². The highest BCUT2D eigenvalue weighted by Crippen LogP contribution is 2.30. The molecule has 0 bridgehead atoms. The van der Waals surface area contributed by atoms with Crippen LogP contribution in [-0.2, 0) is 17.9 Å². The molecule has 1 unspecified atom stereocenters. The van der Waals surface area contributed by atoms with Gasteiger partial charge in [-0.3, -0.25) is 14.6 Å². The van der Waals surface area contributed by atoms with Crippen molar-refractivity contribution >= 4 is 11.9 Å². The van der Waals surface area contributed by atoms with Crippen LogP contribution in [0.1, 0.15) is 24.3 Å². The number of likely N-dealkylation sites (tertiary alicyclic amines) is 1. The molecule has 3 amide bonds. The second kappa shape index (κ2) is 7.96. The van der Waals surface area contributed by atoms with Crippen LogP contribution in [-0.4, -0.2) is 50.6 Å². The quantitative estimate of drug-likeness (QED) is 0.642. The molecule has 2 fully saturated rings. The van der Waals surface area contributed by atoms with Crippen LogP contribution in [0, 0.1) is 0 Å². The summed E-state index contributed by atoms with van der Waals surface area (Å²) >= 11 is 0. The normalized spacial score (nSPS) is 21.6. The molecule has 0 aliphatic carbocycles. The van der Waals surface area contributed by atoms with E-state index < -0.39 is 11.6 Å². The maximum absolute atomic E-state index is 13.3. The van der Waals surface area contributed by atoms with Gasteiger partial charge in [-0.2, -0.15) is 0 Å². The summed E-state index contributed by atoms with van der Waals surface area (Å²) in [6.45, 7) is 2.09. The van der Waals surface area contributed by atoms with Crippen molar-refractivity contribution < 1.29 is 14.0 Å². The Balaban J connectivity index is 1.29. The van der Waals surface area contributed by atoms with E-state index in [2.05, 4.69) is 32.5 Å². The number of carbonyl (C=O) groups is 2. The number of nitrogens with one attached hydrogen (secondary N) is 1. The van der Waals surface area contributed by atoms with Gasteiger partial charge in [-0.25, -0.2) is 4.79 Å². The minimum absolute atomic E-state index is 0.0368. The standard InChI is InChI=1S/C23H23N5O3/c29-21-23(12-7-13-27(16-23)14-17-8-3-1-4-9-17)24-22(30)28(21)15-19-25-26-20(31-19)18-10-5-2-6-11-18/h1-6,8-11H,7,12-16H2,(H,24,30).